The van der Waals surface area contributed by atoms with Crippen LogP contribution >= 0.6 is 0 Å². The first kappa shape index (κ1) is 19.4. The number of aryl methyl sites for hydroxylation is 1. The van der Waals surface area contributed by atoms with Crippen LogP contribution in [0.25, 0.3) is 11.3 Å². The van der Waals surface area contributed by atoms with E-state index in [0.717, 1.165) is 11.1 Å². The van der Waals surface area contributed by atoms with E-state index in [9.17, 15) is 9.59 Å². The average Bonchev–Trinajstić information content (AvgIpc) is 3.20. The first-order valence-corrected chi connectivity index (χ1v) is 9.10. The minimum Gasteiger partial charge on any atom is -0.441 e. The van der Waals surface area contributed by atoms with Crippen molar-refractivity contribution in [1.82, 2.24) is 15.2 Å². The van der Waals surface area contributed by atoms with E-state index in [1.165, 1.54) is 4.90 Å². The molecule has 2 amide bonds. The largest absolute Gasteiger partial charge is 0.441 e. The van der Waals surface area contributed by atoms with E-state index < -0.39 is 0 Å². The fraction of sp³-hybridized carbons (Fsp3) is 0.227. The standard InChI is InChI=1S/C22H23N3O3/c1-25(2)22(27)18-10-8-16(9-11-18)14-23-20(26)12-13-21-24-15-19(28-21)17-6-4-3-5-7-17/h3-11,15H,12-14H2,1-2H3,(H,23,26). The Labute approximate surface area is 164 Å². The maximum Gasteiger partial charge on any atom is 0.253 e. The number of benzene rings is 2. The molecule has 1 aromatic heterocycles. The molecule has 0 spiro atoms. The number of carbonyl (C=O) groups is 2. The van der Waals surface area contributed by atoms with E-state index in [4.69, 9.17) is 4.42 Å². The molecule has 144 valence electrons. The van der Waals surface area contributed by atoms with Gasteiger partial charge >= 0.3 is 0 Å². The van der Waals surface area contributed by atoms with Crippen molar-refractivity contribution in [1.29, 1.82) is 0 Å². The number of amides is 2. The molecule has 1 N–H and O–H groups in total. The van der Waals surface area contributed by atoms with Crippen LogP contribution in [0, 0.1) is 0 Å². The van der Waals surface area contributed by atoms with Crippen LogP contribution < -0.4 is 5.32 Å². The monoisotopic (exact) mass is 377 g/mol. The lowest BCUT2D eigenvalue weighted by molar-refractivity contribution is -0.121. The Morgan fingerprint density at radius 1 is 1.04 bits per heavy atom. The molecule has 0 radical (unpaired) electrons. The molecule has 0 aliphatic carbocycles. The van der Waals surface area contributed by atoms with Crippen LogP contribution in [-0.4, -0.2) is 35.8 Å². The summed E-state index contributed by atoms with van der Waals surface area (Å²) in [7, 11) is 3.43. The third kappa shape index (κ3) is 5.07. The molecule has 28 heavy (non-hydrogen) atoms. The number of carbonyl (C=O) groups excluding carboxylic acids is 2. The summed E-state index contributed by atoms with van der Waals surface area (Å²) >= 11 is 0. The van der Waals surface area contributed by atoms with Gasteiger partial charge in [-0.2, -0.15) is 0 Å². The molecule has 3 aromatic rings. The van der Waals surface area contributed by atoms with Crippen LogP contribution in [0.4, 0.5) is 0 Å². The van der Waals surface area contributed by atoms with Crippen molar-refractivity contribution in [3.63, 3.8) is 0 Å². The molecule has 0 aliphatic heterocycles. The molecule has 6 heteroatoms. The van der Waals surface area contributed by atoms with Crippen molar-refractivity contribution < 1.29 is 14.0 Å². The predicted octanol–water partition coefficient (Wildman–Crippen LogP) is 3.29. The second kappa shape index (κ2) is 8.99. The molecule has 0 atom stereocenters. The van der Waals surface area contributed by atoms with Gasteiger partial charge in [0.15, 0.2) is 11.7 Å². The predicted molar refractivity (Wildman–Crippen MR) is 107 cm³/mol. The first-order chi connectivity index (χ1) is 13.5. The average molecular weight is 377 g/mol. The molecule has 0 unspecified atom stereocenters. The van der Waals surface area contributed by atoms with Crippen LogP contribution in [0.5, 0.6) is 0 Å². The van der Waals surface area contributed by atoms with Gasteiger partial charge in [0.05, 0.1) is 6.20 Å². The van der Waals surface area contributed by atoms with E-state index in [1.54, 1.807) is 32.4 Å². The number of aromatic nitrogens is 1. The second-order valence-corrected chi connectivity index (χ2v) is 6.66. The van der Waals surface area contributed by atoms with Crippen LogP contribution in [0.1, 0.15) is 28.2 Å². The molecule has 6 nitrogen and oxygen atoms in total. The lowest BCUT2D eigenvalue weighted by Crippen LogP contribution is -2.23. The third-order valence-electron chi connectivity index (χ3n) is 4.27. The van der Waals surface area contributed by atoms with E-state index in [2.05, 4.69) is 10.3 Å². The van der Waals surface area contributed by atoms with E-state index in [0.29, 0.717) is 36.6 Å². The fourth-order valence-electron chi connectivity index (χ4n) is 2.69. The topological polar surface area (TPSA) is 75.4 Å². The molecular formula is C22H23N3O3. The summed E-state index contributed by atoms with van der Waals surface area (Å²) in [5.74, 6) is 1.12. The van der Waals surface area contributed by atoms with Gasteiger partial charge in [0.1, 0.15) is 0 Å². The lowest BCUT2D eigenvalue weighted by atomic mass is 10.1. The normalized spacial score (nSPS) is 10.5. The Hall–Kier alpha value is -3.41. The highest BCUT2D eigenvalue weighted by Gasteiger charge is 2.10. The van der Waals surface area contributed by atoms with Gasteiger partial charge in [0.2, 0.25) is 5.91 Å². The summed E-state index contributed by atoms with van der Waals surface area (Å²) in [6, 6.07) is 16.9. The Balaban J connectivity index is 1.46. The zero-order chi connectivity index (χ0) is 19.9. The van der Waals surface area contributed by atoms with E-state index in [1.807, 2.05) is 42.5 Å². The van der Waals surface area contributed by atoms with Crippen LogP contribution in [0.3, 0.4) is 0 Å². The Morgan fingerprint density at radius 3 is 2.43 bits per heavy atom. The van der Waals surface area contributed by atoms with Gasteiger partial charge in [-0.1, -0.05) is 42.5 Å². The van der Waals surface area contributed by atoms with E-state index in [-0.39, 0.29) is 11.8 Å². The van der Waals surface area contributed by atoms with Gasteiger partial charge in [-0.15, -0.1) is 0 Å². The van der Waals surface area contributed by atoms with Crippen molar-refractivity contribution in [3.05, 3.63) is 77.8 Å². The van der Waals surface area contributed by atoms with Crippen molar-refractivity contribution in [2.75, 3.05) is 14.1 Å². The molecule has 0 saturated heterocycles. The number of oxazole rings is 1. The maximum absolute atomic E-state index is 12.1. The number of hydrogen-bond acceptors (Lipinski definition) is 4. The second-order valence-electron chi connectivity index (χ2n) is 6.66. The van der Waals surface area contributed by atoms with Crippen LogP contribution in [0.2, 0.25) is 0 Å². The third-order valence-corrected chi connectivity index (χ3v) is 4.27. The van der Waals surface area contributed by atoms with Crippen molar-refractivity contribution in [3.8, 4) is 11.3 Å². The quantitative estimate of drug-likeness (QED) is 0.686. The number of nitrogens with zero attached hydrogens (tertiary/aromatic N) is 2. The fourth-order valence-corrected chi connectivity index (χ4v) is 2.69. The van der Waals surface area contributed by atoms with Crippen LogP contribution in [0.15, 0.2) is 65.2 Å². The van der Waals surface area contributed by atoms with Crippen molar-refractivity contribution in [2.24, 2.45) is 0 Å². The summed E-state index contributed by atoms with van der Waals surface area (Å²) in [6.07, 6.45) is 2.42. The summed E-state index contributed by atoms with van der Waals surface area (Å²) < 4.78 is 5.71. The highest BCUT2D eigenvalue weighted by molar-refractivity contribution is 5.93. The van der Waals surface area contributed by atoms with Crippen molar-refractivity contribution >= 4 is 11.8 Å². The van der Waals surface area contributed by atoms with Crippen LogP contribution in [-0.2, 0) is 17.8 Å². The highest BCUT2D eigenvalue weighted by Crippen LogP contribution is 2.20. The minimum atomic E-state index is -0.0760. The number of nitrogens with one attached hydrogen (secondary N) is 1. The molecule has 1 heterocycles. The van der Waals surface area contributed by atoms with Gasteiger partial charge in [-0.3, -0.25) is 9.59 Å². The van der Waals surface area contributed by atoms with Gasteiger partial charge in [-0.05, 0) is 17.7 Å². The molecule has 2 aromatic carbocycles. The van der Waals surface area contributed by atoms with Gasteiger partial charge < -0.3 is 14.6 Å². The van der Waals surface area contributed by atoms with Gasteiger partial charge in [-0.25, -0.2) is 4.98 Å². The Morgan fingerprint density at radius 2 is 1.75 bits per heavy atom. The zero-order valence-electron chi connectivity index (χ0n) is 16.0. The SMILES string of the molecule is CN(C)C(=O)c1ccc(CNC(=O)CCc2ncc(-c3ccccc3)o2)cc1. The molecule has 3 rings (SSSR count). The first-order valence-electron chi connectivity index (χ1n) is 9.10. The maximum atomic E-state index is 12.1. The molecule has 0 aliphatic rings. The summed E-state index contributed by atoms with van der Waals surface area (Å²) in [4.78, 5) is 29.7. The number of rotatable bonds is 7. The summed E-state index contributed by atoms with van der Waals surface area (Å²) in [5, 5.41) is 2.88. The van der Waals surface area contributed by atoms with E-state index >= 15 is 0 Å². The smallest absolute Gasteiger partial charge is 0.253 e. The van der Waals surface area contributed by atoms with Crippen molar-refractivity contribution in [2.45, 2.75) is 19.4 Å². The Kier molecular flexibility index (Phi) is 6.22. The summed E-state index contributed by atoms with van der Waals surface area (Å²) in [5.41, 5.74) is 2.52. The molecular weight excluding hydrogens is 354 g/mol. The van der Waals surface area contributed by atoms with Gasteiger partial charge in [0.25, 0.3) is 5.91 Å². The molecule has 0 fully saturated rings. The molecule has 0 bridgehead atoms. The van der Waals surface area contributed by atoms with Gasteiger partial charge in [0, 0.05) is 44.6 Å². The Bertz CT molecular complexity index is 931. The lowest BCUT2D eigenvalue weighted by Gasteiger charge is -2.10. The minimum absolute atomic E-state index is 0.0450. The zero-order valence-corrected chi connectivity index (χ0v) is 16.0. The number of hydrogen-bond donors (Lipinski definition) is 1. The summed E-state index contributed by atoms with van der Waals surface area (Å²) in [6.45, 7) is 0.413. The highest BCUT2D eigenvalue weighted by atomic mass is 16.4. The molecule has 0 saturated carbocycles.